The summed E-state index contributed by atoms with van der Waals surface area (Å²) >= 11 is 5.78. The van der Waals surface area contributed by atoms with Crippen molar-refractivity contribution < 1.29 is 9.18 Å². The van der Waals surface area contributed by atoms with Gasteiger partial charge in [-0.1, -0.05) is 23.7 Å². The lowest BCUT2D eigenvalue weighted by atomic mass is 9.93. The zero-order chi connectivity index (χ0) is 17.1. The van der Waals surface area contributed by atoms with E-state index in [-0.39, 0.29) is 22.9 Å². The number of hydrogen-bond donors (Lipinski definition) is 1. The fourth-order valence-corrected chi connectivity index (χ4v) is 3.39. The van der Waals surface area contributed by atoms with Crippen LogP contribution in [0.1, 0.15) is 28.5 Å². The topological polar surface area (TPSA) is 45.2 Å². The first-order valence-corrected chi connectivity index (χ1v) is 8.28. The second kappa shape index (κ2) is 7.28. The normalized spacial score (nSPS) is 21.0. The molecule has 4 nitrogen and oxygen atoms in total. The monoisotopic (exact) mass is 347 g/mol. The molecule has 0 aliphatic carbocycles. The molecule has 3 rings (SSSR count). The molecule has 126 valence electrons. The van der Waals surface area contributed by atoms with Crippen LogP contribution in [0.25, 0.3) is 0 Å². The van der Waals surface area contributed by atoms with Crippen molar-refractivity contribution in [2.24, 2.45) is 5.92 Å². The van der Waals surface area contributed by atoms with Crippen LogP contribution >= 0.6 is 11.6 Å². The molecule has 0 bridgehead atoms. The van der Waals surface area contributed by atoms with Crippen molar-refractivity contribution in [2.75, 3.05) is 20.1 Å². The molecule has 6 heteroatoms. The summed E-state index contributed by atoms with van der Waals surface area (Å²) in [6, 6.07) is 10.2. The Labute approximate surface area is 145 Å². The van der Waals surface area contributed by atoms with Crippen molar-refractivity contribution in [3.63, 3.8) is 0 Å². The highest BCUT2D eigenvalue weighted by atomic mass is 35.5. The molecule has 1 amide bonds. The molecule has 1 fully saturated rings. The second-order valence-corrected chi connectivity index (χ2v) is 6.48. The van der Waals surface area contributed by atoms with Gasteiger partial charge in [0.25, 0.3) is 5.91 Å². The highest BCUT2D eigenvalue weighted by molar-refractivity contribution is 6.30. The summed E-state index contributed by atoms with van der Waals surface area (Å²) in [5.41, 5.74) is 1.28. The van der Waals surface area contributed by atoms with Gasteiger partial charge in [0.2, 0.25) is 0 Å². The van der Waals surface area contributed by atoms with Crippen molar-refractivity contribution in [3.8, 4) is 0 Å². The van der Waals surface area contributed by atoms with Crippen molar-refractivity contribution >= 4 is 17.5 Å². The van der Waals surface area contributed by atoms with Crippen LogP contribution in [0.4, 0.5) is 4.39 Å². The lowest BCUT2D eigenvalue weighted by molar-refractivity contribution is 0.0938. The lowest BCUT2D eigenvalue weighted by Gasteiger charge is -2.26. The Bertz CT molecular complexity index is 725. The van der Waals surface area contributed by atoms with E-state index < -0.39 is 5.82 Å². The number of likely N-dealkylation sites (tertiary alicyclic amines) is 1. The van der Waals surface area contributed by atoms with E-state index in [0.717, 1.165) is 18.5 Å². The maximum atomic E-state index is 13.8. The highest BCUT2D eigenvalue weighted by Crippen LogP contribution is 2.36. The summed E-state index contributed by atoms with van der Waals surface area (Å²) in [5.74, 6) is -0.389. The number of benzene rings is 1. The molecule has 1 N–H and O–H groups in total. The number of amides is 1. The van der Waals surface area contributed by atoms with Crippen LogP contribution in [0, 0.1) is 11.7 Å². The molecule has 0 unspecified atom stereocenters. The Morgan fingerprint density at radius 2 is 2.25 bits per heavy atom. The van der Waals surface area contributed by atoms with E-state index in [1.807, 2.05) is 13.1 Å². The Morgan fingerprint density at radius 3 is 2.96 bits per heavy atom. The molecular formula is C18H19ClFN3O. The predicted octanol–water partition coefficient (Wildman–Crippen LogP) is 3.30. The van der Waals surface area contributed by atoms with E-state index in [2.05, 4.69) is 15.2 Å². The molecule has 2 atom stereocenters. The quantitative estimate of drug-likeness (QED) is 0.923. The standard InChI is InChI=1S/C18H19ClFN3O/c1-23-9-7-13(11-22-18(24)16-4-2-3-8-21-16)17(23)12-5-6-14(19)15(20)10-12/h2-6,8,10,13,17H,7,9,11H2,1H3,(H,22,24)/t13-,17+/m1/s1. The van der Waals surface area contributed by atoms with Crippen LogP contribution in [-0.2, 0) is 0 Å². The molecular weight excluding hydrogens is 329 g/mol. The molecule has 1 aliphatic rings. The lowest BCUT2D eigenvalue weighted by Crippen LogP contribution is -2.32. The van der Waals surface area contributed by atoms with E-state index in [4.69, 9.17) is 11.6 Å². The van der Waals surface area contributed by atoms with Gasteiger partial charge in [-0.3, -0.25) is 14.7 Å². The number of carbonyl (C=O) groups is 1. The molecule has 2 heterocycles. The van der Waals surface area contributed by atoms with Crippen molar-refractivity contribution in [2.45, 2.75) is 12.5 Å². The number of aromatic nitrogens is 1. The van der Waals surface area contributed by atoms with Crippen molar-refractivity contribution in [1.82, 2.24) is 15.2 Å². The Hall–Kier alpha value is -1.98. The summed E-state index contributed by atoms with van der Waals surface area (Å²) < 4.78 is 13.8. The van der Waals surface area contributed by atoms with Gasteiger partial charge in [0.05, 0.1) is 5.02 Å². The van der Waals surface area contributed by atoms with Gasteiger partial charge in [-0.15, -0.1) is 0 Å². The van der Waals surface area contributed by atoms with Crippen LogP contribution in [0.2, 0.25) is 5.02 Å². The smallest absolute Gasteiger partial charge is 0.269 e. The third kappa shape index (κ3) is 3.57. The van der Waals surface area contributed by atoms with Crippen molar-refractivity contribution in [3.05, 3.63) is 64.7 Å². The zero-order valence-electron chi connectivity index (χ0n) is 13.4. The minimum absolute atomic E-state index is 0.0563. The van der Waals surface area contributed by atoms with Gasteiger partial charge < -0.3 is 5.32 Å². The summed E-state index contributed by atoms with van der Waals surface area (Å²) in [6.45, 7) is 1.42. The molecule has 2 aromatic rings. The SMILES string of the molecule is CN1CC[C@H](CNC(=O)c2ccccn2)[C@@H]1c1ccc(Cl)c(F)c1. The first-order valence-electron chi connectivity index (χ1n) is 7.90. The molecule has 0 saturated carbocycles. The fourth-order valence-electron chi connectivity index (χ4n) is 3.27. The maximum absolute atomic E-state index is 13.8. The number of carbonyl (C=O) groups excluding carboxylic acids is 1. The predicted molar refractivity (Wildman–Crippen MR) is 91.5 cm³/mol. The van der Waals surface area contributed by atoms with E-state index in [1.165, 1.54) is 6.07 Å². The summed E-state index contributed by atoms with van der Waals surface area (Å²) in [4.78, 5) is 18.4. The molecule has 0 radical (unpaired) electrons. The minimum atomic E-state index is -0.411. The van der Waals surface area contributed by atoms with Crippen LogP contribution in [0.5, 0.6) is 0 Å². The third-order valence-electron chi connectivity index (χ3n) is 4.48. The van der Waals surface area contributed by atoms with E-state index in [9.17, 15) is 9.18 Å². The average molecular weight is 348 g/mol. The van der Waals surface area contributed by atoms with Gasteiger partial charge in [0, 0.05) is 18.8 Å². The number of nitrogens with one attached hydrogen (secondary N) is 1. The third-order valence-corrected chi connectivity index (χ3v) is 4.79. The minimum Gasteiger partial charge on any atom is -0.350 e. The van der Waals surface area contributed by atoms with E-state index in [1.54, 1.807) is 30.5 Å². The first kappa shape index (κ1) is 16.9. The van der Waals surface area contributed by atoms with E-state index >= 15 is 0 Å². The van der Waals surface area contributed by atoms with Gasteiger partial charge in [-0.25, -0.2) is 4.39 Å². The van der Waals surface area contributed by atoms with Crippen LogP contribution in [0.15, 0.2) is 42.6 Å². The summed E-state index contributed by atoms with van der Waals surface area (Å²) in [7, 11) is 2.01. The molecule has 24 heavy (non-hydrogen) atoms. The Kier molecular flexibility index (Phi) is 5.11. The van der Waals surface area contributed by atoms with Gasteiger partial charge in [-0.2, -0.15) is 0 Å². The molecule has 0 spiro atoms. The number of hydrogen-bond acceptors (Lipinski definition) is 3. The molecule has 1 aliphatic heterocycles. The molecule has 1 aromatic heterocycles. The largest absolute Gasteiger partial charge is 0.350 e. The van der Waals surface area contributed by atoms with Crippen LogP contribution in [-0.4, -0.2) is 35.9 Å². The van der Waals surface area contributed by atoms with Crippen LogP contribution < -0.4 is 5.32 Å². The first-order chi connectivity index (χ1) is 11.6. The highest BCUT2D eigenvalue weighted by Gasteiger charge is 2.33. The Balaban J connectivity index is 1.70. The van der Waals surface area contributed by atoms with Gasteiger partial charge in [0.1, 0.15) is 11.5 Å². The van der Waals surface area contributed by atoms with E-state index in [0.29, 0.717) is 12.2 Å². The summed E-state index contributed by atoms with van der Waals surface area (Å²) in [6.07, 6.45) is 2.53. The average Bonchev–Trinajstić information content (AvgIpc) is 2.96. The molecule has 1 saturated heterocycles. The number of rotatable bonds is 4. The van der Waals surface area contributed by atoms with Gasteiger partial charge >= 0.3 is 0 Å². The second-order valence-electron chi connectivity index (χ2n) is 6.07. The maximum Gasteiger partial charge on any atom is 0.269 e. The van der Waals surface area contributed by atoms with Gasteiger partial charge in [0.15, 0.2) is 0 Å². The summed E-state index contributed by atoms with van der Waals surface area (Å²) in [5, 5.41) is 3.06. The number of halogens is 2. The fraction of sp³-hybridized carbons (Fsp3) is 0.333. The number of pyridine rings is 1. The van der Waals surface area contributed by atoms with Crippen molar-refractivity contribution in [1.29, 1.82) is 0 Å². The molecule has 1 aromatic carbocycles. The zero-order valence-corrected chi connectivity index (χ0v) is 14.1. The number of nitrogens with zero attached hydrogens (tertiary/aromatic N) is 2. The van der Waals surface area contributed by atoms with Crippen LogP contribution in [0.3, 0.4) is 0 Å². The Morgan fingerprint density at radius 1 is 1.42 bits per heavy atom. The van der Waals surface area contributed by atoms with Gasteiger partial charge in [-0.05, 0) is 55.8 Å².